The van der Waals surface area contributed by atoms with Crippen LogP contribution in [0.4, 0.5) is 5.95 Å². The summed E-state index contributed by atoms with van der Waals surface area (Å²) in [5.74, 6) is 68.6. The minimum Gasteiger partial charge on any atom is -0.369 e. The third kappa shape index (κ3) is 61.4. The number of allylic oxidation sites excluding steroid dienone is 6. The standard InChI is InChI=1S/C18H14P.C18H2.C10H8N2S2.C10H2S2.C8H12N5O6P.C6H14N.C6H2.C3H3N2.C3H4.CH4.N2.3H3N.H3P.12H2/c1-4-10-16(11-5-1)19(17-12-6-2-7-13-17)18-14-8-3-9-15-18;1-3-5-7-9-11-13-15-17-18-16-14-12-10-8-6-4-2;13-14(9-5-1-3-7-11-9)10-6-2-4-8-12-10;11-9-7-5-3-1-2-4-6-8-10-12;9-8-11-6-5(7(14)12-8)10-3-13(6)4-18-1-2-19-20(15,16)17;1-4-7(5-2)6-3;1-3-5-6-4-2;1-2-5-3-4-1;1-3-2;;1-2;;;;;;;;;;;;;;;;/h1-8,10-15H;1-2H;1-8H;11-12H;3H,1-2,4H2,(H2,15,16,17)(H3,9,11,12,14);1,4-6H2,2-3H3;1-2H;1-2H,(H,4,5);1H,2H3;1H4;;4*1H3;12*1H/q+1;;;;;+1;;+1;;;;;;;;;;;;;;;;;;;. The van der Waals surface area contributed by atoms with Gasteiger partial charge in [-0.05, 0) is 257 Å². The minimum absolute atomic E-state index is 0. The van der Waals surface area contributed by atoms with Gasteiger partial charge in [-0.1, -0.05) is 119 Å². The van der Waals surface area contributed by atoms with Crippen molar-refractivity contribution in [2.24, 2.45) is 4.99 Å². The van der Waals surface area contributed by atoms with Gasteiger partial charge in [-0.2, -0.15) is 20.2 Å². The molecule has 1 unspecified atom stereocenters. The molecule has 0 radical (unpaired) electrons. The molecule has 1 aliphatic carbocycles. The van der Waals surface area contributed by atoms with E-state index in [4.69, 9.17) is 67.9 Å². The average Bonchev–Trinajstić information content (AvgIpc) is 1.67. The molecule has 28 heteroatoms. The molecule has 2 aliphatic rings. The van der Waals surface area contributed by atoms with Gasteiger partial charge in [-0.25, -0.2) is 19.5 Å². The van der Waals surface area contributed by atoms with Crippen LogP contribution in [0.5, 0.6) is 0 Å². The van der Waals surface area contributed by atoms with Gasteiger partial charge in [0.25, 0.3) is 11.9 Å². The molecule has 0 saturated heterocycles. The first kappa shape index (κ1) is 111. The first-order valence-corrected chi connectivity index (χ1v) is 35.3. The van der Waals surface area contributed by atoms with E-state index in [2.05, 4.69) is 371 Å². The van der Waals surface area contributed by atoms with Crippen molar-refractivity contribution >= 4 is 106 Å². The first-order valence-electron chi connectivity index (χ1n) is 29.3. The van der Waals surface area contributed by atoms with Crippen LogP contribution in [0.1, 0.15) is 45.3 Å². The Morgan fingerprint density at radius 3 is 1.41 bits per heavy atom. The SMILES string of the molecule is C.C#CC.C#CC#CC#C.C#CC#CC#CC#CC#CC#CC#CC#CC#C.N.N.N.N#N.Nc1nc2c(ncn2COCCOP(=O)(O)O)c(=O)[nH]1.P.S=S(c1ccccn1)c1ccccn1.SC#CC#CC#CC#CC#CS.[C+]1=CC(P(c2ccccc2)c2ccccc2)=CC=C1.[C+]1=NC=CN1.[CH2+]CN(CC)CC.[HH].[HH].[HH].[HH].[HH].[HH].[HH].[HH].[HH].[HH].[HH].[HH]. The first-order chi connectivity index (χ1) is 51.7. The Hall–Kier alpha value is -13.5. The summed E-state index contributed by atoms with van der Waals surface area (Å²) in [5.41, 5.74) is 5.33. The zero-order valence-electron chi connectivity index (χ0n) is 59.8. The number of imidazole rings is 1. The van der Waals surface area contributed by atoms with Gasteiger partial charge < -0.3 is 38.7 Å². The highest BCUT2D eigenvalue weighted by Gasteiger charge is 2.22. The Bertz CT molecular complexity index is 5050. The molecule has 0 spiro atoms. The monoisotopic (exact) mass is 1620 g/mol. The number of aliphatic imine (C=N–C) groups is 1. The number of phosphoric acid groups is 1. The Labute approximate surface area is 695 Å². The maximum Gasteiger partial charge on any atom is 0.469 e. The van der Waals surface area contributed by atoms with Crippen molar-refractivity contribution in [2.45, 2.75) is 45.0 Å². The molecule has 15 N–H and O–H groups in total. The molecule has 4 aromatic heterocycles. The van der Waals surface area contributed by atoms with E-state index in [1.807, 2.05) is 42.5 Å². The third-order valence-corrected chi connectivity index (χ3v) is 15.6. The number of ether oxygens (including phenoxy) is 1. The van der Waals surface area contributed by atoms with Crippen molar-refractivity contribution < 1.29 is 40.7 Å². The van der Waals surface area contributed by atoms with E-state index in [-0.39, 0.29) is 90.0 Å². The number of aromatic amines is 1. The van der Waals surface area contributed by atoms with Gasteiger partial charge in [0, 0.05) is 52.5 Å². The normalized spacial score (nSPS) is 8.30. The topological polar surface area (TPSA) is 372 Å². The fraction of sp³-hybridized carbons (Fsp3) is 0.120. The Morgan fingerprint density at radius 2 is 1.09 bits per heavy atom. The Balaban J connectivity index is -0.0000000591. The lowest BCUT2D eigenvalue weighted by Crippen LogP contribution is -2.21. The quantitative estimate of drug-likeness (QED) is 0.0121. The third-order valence-electron chi connectivity index (χ3n) is 10.1. The van der Waals surface area contributed by atoms with Gasteiger partial charge in [-0.15, -0.1) is 38.0 Å². The van der Waals surface area contributed by atoms with Gasteiger partial charge in [-0.3, -0.25) is 23.8 Å². The number of nitrogens with two attached hydrogens (primary N) is 1. The second-order valence-electron chi connectivity index (χ2n) is 16.9. The van der Waals surface area contributed by atoms with Gasteiger partial charge in [0.2, 0.25) is 12.1 Å². The number of fused-ring (bicyclic) bond motifs is 1. The van der Waals surface area contributed by atoms with Gasteiger partial charge in [0.1, 0.15) is 35.5 Å². The molecule has 0 amide bonds. The Kier molecular flexibility index (Phi) is 80.6. The van der Waals surface area contributed by atoms with Crippen LogP contribution in [0.15, 0.2) is 178 Å². The summed E-state index contributed by atoms with van der Waals surface area (Å²) in [6.07, 6.45) is 46.0. The lowest BCUT2D eigenvalue weighted by Gasteiger charge is -2.15. The number of aromatic nitrogens is 6. The molecule has 1 atom stereocenters. The van der Waals surface area contributed by atoms with E-state index >= 15 is 0 Å². The number of nitrogen functional groups attached to an aromatic ring is 1. The maximum absolute atomic E-state index is 11.5. The molecule has 1 aliphatic heterocycles. The summed E-state index contributed by atoms with van der Waals surface area (Å²) in [6.45, 7) is 12.5. The number of nitrogens with one attached hydrogen (secondary N) is 2. The molecule has 111 heavy (non-hydrogen) atoms. The number of thiol groups is 2. The van der Waals surface area contributed by atoms with Crippen LogP contribution >= 0.6 is 50.9 Å². The largest absolute Gasteiger partial charge is 0.469 e. The van der Waals surface area contributed by atoms with Crippen molar-refractivity contribution in [3.8, 4) is 214 Å². The lowest BCUT2D eigenvalue weighted by atomic mass is 10.3. The zero-order chi connectivity index (χ0) is 78.6. The Morgan fingerprint density at radius 1 is 0.685 bits per heavy atom. The summed E-state index contributed by atoms with van der Waals surface area (Å²) in [7, 11) is -5.40. The van der Waals surface area contributed by atoms with Crippen LogP contribution in [0.25, 0.3) is 11.2 Å². The van der Waals surface area contributed by atoms with Gasteiger partial charge in [0.15, 0.2) is 17.4 Å². The molecule has 5 heterocycles. The number of hydrogen-bond donors (Lipinski definition) is 10. The number of H-pyrrole nitrogens is 1. The molecule has 0 bridgehead atoms. The number of pyridine rings is 2. The van der Waals surface area contributed by atoms with Crippen molar-refractivity contribution in [2.75, 3.05) is 38.6 Å². The van der Waals surface area contributed by atoms with E-state index in [0.717, 1.165) is 29.7 Å². The number of phosphoric ester groups is 1. The second-order valence-corrected chi connectivity index (χ2v) is 23.2. The van der Waals surface area contributed by atoms with Gasteiger partial charge in [0.05, 0.1) is 45.8 Å². The highest BCUT2D eigenvalue weighted by molar-refractivity contribution is 8.28. The van der Waals surface area contributed by atoms with E-state index in [0.29, 0.717) is 0 Å². The number of hydrogen-bond acceptors (Lipinski definition) is 20. The van der Waals surface area contributed by atoms with E-state index in [1.165, 1.54) is 26.8 Å². The zero-order valence-corrected chi connectivity index (χ0v) is 66.5. The van der Waals surface area contributed by atoms with E-state index in [9.17, 15) is 9.36 Å². The number of benzene rings is 2. The fourth-order valence-corrected chi connectivity index (χ4v) is 10.3. The van der Waals surface area contributed by atoms with Crippen LogP contribution in [-0.2, 0) is 41.2 Å². The summed E-state index contributed by atoms with van der Waals surface area (Å²) in [5, 5.41) is 25.2. The van der Waals surface area contributed by atoms with Crippen LogP contribution in [-0.4, -0.2) is 83.4 Å². The molecule has 6 aromatic rings. The van der Waals surface area contributed by atoms with Crippen LogP contribution in [0, 0.1) is 238 Å². The van der Waals surface area contributed by atoms with Crippen molar-refractivity contribution in [3.63, 3.8) is 0 Å². The van der Waals surface area contributed by atoms with Crippen LogP contribution in [0.3, 0.4) is 0 Å². The minimum atomic E-state index is -4.49. The predicted octanol–water partition coefficient (Wildman–Crippen LogP) is 11.9. The summed E-state index contributed by atoms with van der Waals surface area (Å²) in [4.78, 5) is 52.8. The van der Waals surface area contributed by atoms with Crippen molar-refractivity contribution in [1.82, 2.24) is 58.2 Å². The van der Waals surface area contributed by atoms with Gasteiger partial charge >= 0.3 is 7.82 Å². The molecule has 580 valence electrons. The molecule has 0 fully saturated rings. The van der Waals surface area contributed by atoms with E-state index < -0.39 is 30.8 Å². The fourth-order valence-electron chi connectivity index (χ4n) is 6.08. The lowest BCUT2D eigenvalue weighted by molar-refractivity contribution is 0.0474. The number of terminal acetylenes is 5. The number of rotatable bonds is 14. The van der Waals surface area contributed by atoms with Crippen molar-refractivity contribution in [3.05, 3.63) is 181 Å². The smallest absolute Gasteiger partial charge is 0.369 e. The molecule has 2 aromatic carbocycles. The van der Waals surface area contributed by atoms with Crippen LogP contribution < -0.4 is 45.7 Å². The molecule has 0 saturated carbocycles. The van der Waals surface area contributed by atoms with Crippen molar-refractivity contribution in [1.29, 1.82) is 10.8 Å². The van der Waals surface area contributed by atoms with Crippen LogP contribution in [0.2, 0.25) is 0 Å². The highest BCUT2D eigenvalue weighted by atomic mass is 32.8. The molecular weight excluding hydrogens is 1520 g/mol. The molecular formula is C83H101N15O6P3S4+3. The summed E-state index contributed by atoms with van der Waals surface area (Å²) >= 11 is 12.6. The second kappa shape index (κ2) is 80.6. The highest BCUT2D eigenvalue weighted by Crippen LogP contribution is 2.44. The summed E-state index contributed by atoms with van der Waals surface area (Å²) < 4.78 is 21.2. The number of nitrogens with zero attached hydrogens (tertiary/aromatic N) is 9. The molecule has 8 rings (SSSR count). The van der Waals surface area contributed by atoms with E-state index in [1.54, 1.807) is 31.7 Å². The number of anilines is 1. The predicted molar refractivity (Wildman–Crippen MR) is 494 cm³/mol. The average molecular weight is 1630 g/mol. The summed E-state index contributed by atoms with van der Waals surface area (Å²) in [6, 6.07) is 33.0. The molecule has 21 nitrogen and oxygen atoms in total. The maximum atomic E-state index is 11.5.